The van der Waals surface area contributed by atoms with Crippen molar-refractivity contribution in [3.63, 3.8) is 0 Å². The molecule has 0 aliphatic heterocycles. The van der Waals surface area contributed by atoms with Gasteiger partial charge in [-0.2, -0.15) is 0 Å². The van der Waals surface area contributed by atoms with Crippen LogP contribution in [0.1, 0.15) is 12.5 Å². The van der Waals surface area contributed by atoms with Crippen LogP contribution in [0.25, 0.3) is 0 Å². The fourth-order valence-corrected chi connectivity index (χ4v) is 4.10. The van der Waals surface area contributed by atoms with Crippen molar-refractivity contribution in [2.75, 3.05) is 17.1 Å². The molecular weight excluding hydrogens is 417 g/mol. The van der Waals surface area contributed by atoms with Crippen molar-refractivity contribution in [1.82, 2.24) is 4.90 Å². The Labute approximate surface area is 181 Å². The number of halogens is 1. The molecule has 0 aromatic heterocycles. The van der Waals surface area contributed by atoms with Gasteiger partial charge in [0.1, 0.15) is 11.9 Å². The Kier molecular flexibility index (Phi) is 6.91. The van der Waals surface area contributed by atoms with E-state index in [-0.39, 0.29) is 10.8 Å². The molecule has 1 amide bonds. The minimum absolute atomic E-state index is 0.0308. The summed E-state index contributed by atoms with van der Waals surface area (Å²) in [7, 11) is -2.07. The van der Waals surface area contributed by atoms with Gasteiger partial charge < -0.3 is 10.2 Å². The first-order chi connectivity index (χ1) is 14.7. The van der Waals surface area contributed by atoms with E-state index in [1.54, 1.807) is 43.1 Å². The lowest BCUT2D eigenvalue weighted by Crippen LogP contribution is -2.38. The Bertz CT molecular complexity index is 1120. The first-order valence-electron chi connectivity index (χ1n) is 9.68. The highest BCUT2D eigenvalue weighted by Crippen LogP contribution is 2.19. The lowest BCUT2D eigenvalue weighted by Gasteiger charge is -2.23. The zero-order chi connectivity index (χ0) is 22.4. The summed E-state index contributed by atoms with van der Waals surface area (Å²) in [6.07, 6.45) is 0. The lowest BCUT2D eigenvalue weighted by molar-refractivity contribution is -0.130. The number of nitrogens with one attached hydrogen (secondary N) is 2. The van der Waals surface area contributed by atoms with Gasteiger partial charge in [0.05, 0.1) is 4.90 Å². The van der Waals surface area contributed by atoms with Crippen molar-refractivity contribution in [2.45, 2.75) is 24.4 Å². The highest BCUT2D eigenvalue weighted by Gasteiger charge is 2.18. The quantitative estimate of drug-likeness (QED) is 0.552. The molecule has 0 saturated carbocycles. The number of benzene rings is 3. The molecular formula is C23H24FN3O3S. The molecule has 0 bridgehead atoms. The van der Waals surface area contributed by atoms with Crippen molar-refractivity contribution in [3.05, 3.63) is 90.2 Å². The number of carbonyl (C=O) groups excluding carboxylic acids is 1. The highest BCUT2D eigenvalue weighted by atomic mass is 32.2. The van der Waals surface area contributed by atoms with Gasteiger partial charge in [0.2, 0.25) is 5.91 Å². The number of nitrogens with zero attached hydrogens (tertiary/aromatic N) is 1. The number of hydrogen-bond donors (Lipinski definition) is 2. The molecule has 3 aromatic carbocycles. The predicted octanol–water partition coefficient (Wildman–Crippen LogP) is 4.09. The molecule has 1 unspecified atom stereocenters. The molecule has 31 heavy (non-hydrogen) atoms. The van der Waals surface area contributed by atoms with Crippen molar-refractivity contribution in [1.29, 1.82) is 0 Å². The van der Waals surface area contributed by atoms with E-state index in [0.29, 0.717) is 17.9 Å². The molecule has 0 aliphatic rings. The highest BCUT2D eigenvalue weighted by molar-refractivity contribution is 7.92. The second kappa shape index (κ2) is 9.61. The zero-order valence-electron chi connectivity index (χ0n) is 17.2. The van der Waals surface area contributed by atoms with Crippen LogP contribution < -0.4 is 10.0 Å². The van der Waals surface area contributed by atoms with Crippen LogP contribution in [0.5, 0.6) is 0 Å². The molecule has 8 heteroatoms. The molecule has 0 radical (unpaired) electrons. The Morgan fingerprint density at radius 2 is 1.52 bits per heavy atom. The largest absolute Gasteiger partial charge is 0.374 e. The Morgan fingerprint density at radius 1 is 0.935 bits per heavy atom. The van der Waals surface area contributed by atoms with E-state index in [1.807, 2.05) is 30.3 Å². The Morgan fingerprint density at radius 3 is 2.13 bits per heavy atom. The van der Waals surface area contributed by atoms with Gasteiger partial charge in [-0.1, -0.05) is 30.3 Å². The SMILES string of the molecule is CC(Nc1ccc(NS(=O)(=O)c2ccc(F)cc2)cc1)C(=O)N(C)Cc1ccccc1. The fraction of sp³-hybridized carbons (Fsp3) is 0.174. The molecule has 1 atom stereocenters. The first kappa shape index (κ1) is 22.3. The van der Waals surface area contributed by atoms with E-state index in [1.165, 1.54) is 12.1 Å². The standard InChI is InChI=1S/C23H24FN3O3S/c1-17(23(28)27(2)16-18-6-4-3-5-7-18)25-20-10-12-21(13-11-20)26-31(29,30)22-14-8-19(24)9-15-22/h3-15,17,25-26H,16H2,1-2H3. The summed E-state index contributed by atoms with van der Waals surface area (Å²) in [6, 6.07) is 20.4. The van der Waals surface area contributed by atoms with E-state index >= 15 is 0 Å². The number of likely N-dealkylation sites (N-methyl/N-ethyl adjacent to an activating group) is 1. The summed E-state index contributed by atoms with van der Waals surface area (Å²) in [5, 5.41) is 3.13. The maximum atomic E-state index is 13.0. The van der Waals surface area contributed by atoms with Crippen LogP contribution >= 0.6 is 0 Å². The van der Waals surface area contributed by atoms with E-state index in [9.17, 15) is 17.6 Å². The van der Waals surface area contributed by atoms with Gasteiger partial charge in [0, 0.05) is 25.0 Å². The first-order valence-corrected chi connectivity index (χ1v) is 11.2. The van der Waals surface area contributed by atoms with E-state index in [2.05, 4.69) is 10.0 Å². The molecule has 0 spiro atoms. The average molecular weight is 442 g/mol. The average Bonchev–Trinajstić information content (AvgIpc) is 2.75. The van der Waals surface area contributed by atoms with Crippen molar-refractivity contribution < 1.29 is 17.6 Å². The topological polar surface area (TPSA) is 78.5 Å². The van der Waals surface area contributed by atoms with Gasteiger partial charge in [-0.25, -0.2) is 12.8 Å². The van der Waals surface area contributed by atoms with Gasteiger partial charge >= 0.3 is 0 Å². The van der Waals surface area contributed by atoms with E-state index in [0.717, 1.165) is 17.7 Å². The predicted molar refractivity (Wildman–Crippen MR) is 120 cm³/mol. The summed E-state index contributed by atoms with van der Waals surface area (Å²) in [4.78, 5) is 14.3. The molecule has 3 aromatic rings. The molecule has 0 saturated heterocycles. The van der Waals surface area contributed by atoms with Crippen molar-refractivity contribution >= 4 is 27.3 Å². The molecule has 6 nitrogen and oxygen atoms in total. The molecule has 0 fully saturated rings. The van der Waals surface area contributed by atoms with Gasteiger partial charge in [-0.3, -0.25) is 9.52 Å². The third kappa shape index (κ3) is 6.05. The number of rotatable bonds is 8. The molecule has 3 rings (SSSR count). The third-order valence-corrected chi connectivity index (χ3v) is 6.05. The maximum Gasteiger partial charge on any atom is 0.261 e. The van der Waals surface area contributed by atoms with Crippen LogP contribution in [-0.2, 0) is 21.4 Å². The van der Waals surface area contributed by atoms with Gasteiger partial charge in [-0.05, 0) is 61.0 Å². The molecule has 0 heterocycles. The summed E-state index contributed by atoms with van der Waals surface area (Å²) < 4.78 is 40.2. The summed E-state index contributed by atoms with van der Waals surface area (Å²) in [5.41, 5.74) is 2.08. The maximum absolute atomic E-state index is 13.0. The van der Waals surface area contributed by atoms with Crippen LogP contribution in [0, 0.1) is 5.82 Å². The summed E-state index contributed by atoms with van der Waals surface area (Å²) in [6.45, 7) is 2.28. The van der Waals surface area contributed by atoms with Gasteiger partial charge in [0.25, 0.3) is 10.0 Å². The summed E-state index contributed by atoms with van der Waals surface area (Å²) >= 11 is 0. The monoisotopic (exact) mass is 441 g/mol. The molecule has 2 N–H and O–H groups in total. The van der Waals surface area contributed by atoms with E-state index < -0.39 is 21.9 Å². The Balaban J connectivity index is 1.59. The molecule has 0 aliphatic carbocycles. The molecule has 162 valence electrons. The van der Waals surface area contributed by atoms with Crippen molar-refractivity contribution in [3.8, 4) is 0 Å². The van der Waals surface area contributed by atoms with Gasteiger partial charge in [0.15, 0.2) is 0 Å². The number of hydrogen-bond acceptors (Lipinski definition) is 4. The number of anilines is 2. The van der Waals surface area contributed by atoms with Crippen LogP contribution in [-0.4, -0.2) is 32.3 Å². The minimum atomic E-state index is -3.82. The lowest BCUT2D eigenvalue weighted by atomic mass is 10.2. The van der Waals surface area contributed by atoms with E-state index in [4.69, 9.17) is 0 Å². The van der Waals surface area contributed by atoms with Crippen LogP contribution in [0.2, 0.25) is 0 Å². The smallest absolute Gasteiger partial charge is 0.261 e. The Hall–Kier alpha value is -3.39. The van der Waals surface area contributed by atoms with Crippen LogP contribution in [0.4, 0.5) is 15.8 Å². The fourth-order valence-electron chi connectivity index (χ4n) is 3.04. The number of carbonyl (C=O) groups is 1. The normalized spacial score (nSPS) is 12.1. The van der Waals surface area contributed by atoms with Crippen LogP contribution in [0.15, 0.2) is 83.8 Å². The summed E-state index contributed by atoms with van der Waals surface area (Å²) in [5.74, 6) is -0.572. The minimum Gasteiger partial charge on any atom is -0.374 e. The second-order valence-electron chi connectivity index (χ2n) is 7.18. The van der Waals surface area contributed by atoms with Crippen molar-refractivity contribution in [2.24, 2.45) is 0 Å². The van der Waals surface area contributed by atoms with Crippen LogP contribution in [0.3, 0.4) is 0 Å². The second-order valence-corrected chi connectivity index (χ2v) is 8.87. The third-order valence-electron chi connectivity index (χ3n) is 4.65. The number of amides is 1. The zero-order valence-corrected chi connectivity index (χ0v) is 18.1. The van der Waals surface area contributed by atoms with Gasteiger partial charge in [-0.15, -0.1) is 0 Å². The number of sulfonamides is 1.